The normalized spacial score (nSPS) is 11.9. The zero-order chi connectivity index (χ0) is 20.1. The number of H-pyrrole nitrogens is 1. The molecule has 1 aromatic carbocycles. The van der Waals surface area contributed by atoms with E-state index in [1.54, 1.807) is 18.2 Å². The minimum atomic E-state index is -0.708. The fourth-order valence-electron chi connectivity index (χ4n) is 2.78. The lowest BCUT2D eigenvalue weighted by atomic mass is 9.98. The molecule has 0 spiro atoms. The van der Waals surface area contributed by atoms with Gasteiger partial charge in [0.2, 0.25) is 0 Å². The van der Waals surface area contributed by atoms with E-state index in [2.05, 4.69) is 15.5 Å². The molecule has 0 unspecified atom stereocenters. The van der Waals surface area contributed by atoms with Gasteiger partial charge in [0.15, 0.2) is 0 Å². The Kier molecular flexibility index (Phi) is 6.50. The van der Waals surface area contributed by atoms with E-state index >= 15 is 0 Å². The number of aromatic nitrogens is 2. The van der Waals surface area contributed by atoms with E-state index in [1.807, 2.05) is 33.8 Å². The van der Waals surface area contributed by atoms with Gasteiger partial charge in [0, 0.05) is 17.5 Å². The first-order valence-electron chi connectivity index (χ1n) is 8.76. The van der Waals surface area contributed by atoms with Gasteiger partial charge in [-0.2, -0.15) is 5.10 Å². The van der Waals surface area contributed by atoms with Gasteiger partial charge in [-0.15, -0.1) is 0 Å². The van der Waals surface area contributed by atoms with Crippen LogP contribution < -0.4 is 10.9 Å². The third kappa shape index (κ3) is 5.03. The van der Waals surface area contributed by atoms with E-state index in [9.17, 15) is 14.4 Å². The monoisotopic (exact) mass is 371 g/mol. The molecule has 7 nitrogen and oxygen atoms in total. The van der Waals surface area contributed by atoms with E-state index in [0.717, 1.165) is 16.8 Å². The van der Waals surface area contributed by atoms with Crippen LogP contribution in [0.2, 0.25) is 0 Å². The van der Waals surface area contributed by atoms with Crippen LogP contribution in [0.25, 0.3) is 0 Å². The molecule has 27 heavy (non-hydrogen) atoms. The summed E-state index contributed by atoms with van der Waals surface area (Å²) < 4.78 is 4.75. The van der Waals surface area contributed by atoms with Crippen molar-refractivity contribution >= 4 is 11.9 Å². The van der Waals surface area contributed by atoms with Crippen molar-refractivity contribution in [3.8, 4) is 0 Å². The number of esters is 1. The highest BCUT2D eigenvalue weighted by molar-refractivity contribution is 5.97. The summed E-state index contributed by atoms with van der Waals surface area (Å²) in [4.78, 5) is 36.3. The summed E-state index contributed by atoms with van der Waals surface area (Å²) in [5.41, 5.74) is 3.41. The summed E-state index contributed by atoms with van der Waals surface area (Å²) in [5, 5.41) is 9.07. The summed E-state index contributed by atoms with van der Waals surface area (Å²) >= 11 is 0. The Morgan fingerprint density at radius 1 is 1.19 bits per heavy atom. The highest BCUT2D eigenvalue weighted by Crippen LogP contribution is 2.15. The van der Waals surface area contributed by atoms with Crippen LogP contribution in [0.15, 0.2) is 29.1 Å². The molecule has 0 bridgehead atoms. The van der Waals surface area contributed by atoms with Crippen LogP contribution in [0.5, 0.6) is 0 Å². The van der Waals surface area contributed by atoms with E-state index in [0.29, 0.717) is 17.5 Å². The molecule has 0 fully saturated rings. The zero-order valence-electron chi connectivity index (χ0n) is 16.3. The van der Waals surface area contributed by atoms with Crippen molar-refractivity contribution < 1.29 is 14.3 Å². The number of nitrogens with one attached hydrogen (secondary N) is 2. The summed E-state index contributed by atoms with van der Waals surface area (Å²) in [6, 6.07) is 6.31. The van der Waals surface area contributed by atoms with Crippen LogP contribution in [0, 0.1) is 19.8 Å². The van der Waals surface area contributed by atoms with Crippen LogP contribution in [0.4, 0.5) is 0 Å². The molecule has 0 aliphatic carbocycles. The van der Waals surface area contributed by atoms with Gasteiger partial charge in [-0.05, 0) is 49.1 Å². The molecule has 0 aliphatic heterocycles. The quantitative estimate of drug-likeness (QED) is 0.756. The minimum absolute atomic E-state index is 0.0941. The summed E-state index contributed by atoms with van der Waals surface area (Å²) in [7, 11) is 1.30. The second kappa shape index (κ2) is 8.62. The van der Waals surface area contributed by atoms with Crippen molar-refractivity contribution in [1.29, 1.82) is 0 Å². The number of carbonyl (C=O) groups is 2. The van der Waals surface area contributed by atoms with Crippen molar-refractivity contribution in [3.63, 3.8) is 0 Å². The summed E-state index contributed by atoms with van der Waals surface area (Å²) in [5.74, 6) is -0.909. The molecule has 7 heteroatoms. The van der Waals surface area contributed by atoms with Gasteiger partial charge in [0.1, 0.15) is 6.04 Å². The molecule has 0 radical (unpaired) electrons. The van der Waals surface area contributed by atoms with Gasteiger partial charge in [0.25, 0.3) is 11.5 Å². The summed E-state index contributed by atoms with van der Waals surface area (Å²) in [6.07, 6.45) is 0.448. The third-order valence-corrected chi connectivity index (χ3v) is 4.40. The Morgan fingerprint density at radius 2 is 1.89 bits per heavy atom. The number of benzene rings is 1. The van der Waals surface area contributed by atoms with Gasteiger partial charge >= 0.3 is 5.97 Å². The number of aryl methyl sites for hydroxylation is 2. The van der Waals surface area contributed by atoms with Crippen LogP contribution in [0.3, 0.4) is 0 Å². The number of hydrogen-bond acceptors (Lipinski definition) is 5. The van der Waals surface area contributed by atoms with Gasteiger partial charge in [0.05, 0.1) is 12.8 Å². The molecule has 1 atom stereocenters. The first kappa shape index (κ1) is 20.4. The Hall–Kier alpha value is -2.96. The van der Waals surface area contributed by atoms with E-state index in [4.69, 9.17) is 4.74 Å². The number of hydrogen-bond donors (Lipinski definition) is 2. The maximum absolute atomic E-state index is 12.5. The zero-order valence-corrected chi connectivity index (χ0v) is 16.3. The highest BCUT2D eigenvalue weighted by Gasteiger charge is 2.25. The average molecular weight is 371 g/mol. The molecule has 1 heterocycles. The van der Waals surface area contributed by atoms with Crippen molar-refractivity contribution in [1.82, 2.24) is 15.5 Å². The highest BCUT2D eigenvalue weighted by atomic mass is 16.5. The minimum Gasteiger partial charge on any atom is -0.467 e. The van der Waals surface area contributed by atoms with Crippen LogP contribution in [-0.4, -0.2) is 35.2 Å². The Bertz CT molecular complexity index is 902. The second-order valence-electron chi connectivity index (χ2n) is 6.90. The average Bonchev–Trinajstić information content (AvgIpc) is 2.63. The van der Waals surface area contributed by atoms with Crippen molar-refractivity contribution in [2.24, 2.45) is 5.92 Å². The van der Waals surface area contributed by atoms with Crippen molar-refractivity contribution in [2.75, 3.05) is 7.11 Å². The molecular formula is C20H25N3O4. The van der Waals surface area contributed by atoms with Crippen molar-refractivity contribution in [2.45, 2.75) is 40.2 Å². The lowest BCUT2D eigenvalue weighted by molar-refractivity contribution is -0.144. The first-order chi connectivity index (χ1) is 12.7. The Labute approximate surface area is 158 Å². The van der Waals surface area contributed by atoms with Gasteiger partial charge < -0.3 is 10.1 Å². The number of methoxy groups -OCH3 is 1. The number of aromatic amines is 1. The maximum Gasteiger partial charge on any atom is 0.328 e. The lowest BCUT2D eigenvalue weighted by Crippen LogP contribution is -2.45. The van der Waals surface area contributed by atoms with Gasteiger partial charge in [-0.3, -0.25) is 9.59 Å². The van der Waals surface area contributed by atoms with Crippen LogP contribution in [-0.2, 0) is 16.0 Å². The molecule has 2 N–H and O–H groups in total. The van der Waals surface area contributed by atoms with Crippen LogP contribution in [0.1, 0.15) is 46.6 Å². The molecule has 144 valence electrons. The fraction of sp³-hybridized carbons (Fsp3) is 0.400. The smallest absolute Gasteiger partial charge is 0.328 e. The topological polar surface area (TPSA) is 101 Å². The first-order valence-corrected chi connectivity index (χ1v) is 8.76. The molecule has 1 amide bonds. The van der Waals surface area contributed by atoms with Crippen molar-refractivity contribution in [3.05, 3.63) is 62.6 Å². The molecule has 0 aliphatic rings. The van der Waals surface area contributed by atoms with E-state index < -0.39 is 12.0 Å². The number of nitrogens with zero attached hydrogens (tertiary/aromatic N) is 1. The van der Waals surface area contributed by atoms with Crippen LogP contribution >= 0.6 is 0 Å². The number of carbonyl (C=O) groups excluding carboxylic acids is 2. The predicted molar refractivity (Wildman–Crippen MR) is 102 cm³/mol. The second-order valence-corrected chi connectivity index (χ2v) is 6.90. The number of ether oxygens (including phenoxy) is 1. The fourth-order valence-corrected chi connectivity index (χ4v) is 2.78. The Morgan fingerprint density at radius 3 is 2.48 bits per heavy atom. The summed E-state index contributed by atoms with van der Waals surface area (Å²) in [6.45, 7) is 7.37. The lowest BCUT2D eigenvalue weighted by Gasteiger charge is -2.20. The van der Waals surface area contributed by atoms with E-state index in [-0.39, 0.29) is 17.4 Å². The molecule has 0 saturated heterocycles. The number of amides is 1. The van der Waals surface area contributed by atoms with Gasteiger partial charge in [-0.25, -0.2) is 9.89 Å². The van der Waals surface area contributed by atoms with Gasteiger partial charge in [-0.1, -0.05) is 19.9 Å². The predicted octanol–water partition coefficient (Wildman–Crippen LogP) is 1.90. The molecule has 0 saturated carbocycles. The van der Waals surface area contributed by atoms with E-state index in [1.165, 1.54) is 7.11 Å². The number of rotatable bonds is 6. The molecule has 1 aromatic heterocycles. The maximum atomic E-state index is 12.5. The largest absolute Gasteiger partial charge is 0.467 e. The standard InChI is InChI=1S/C20H25N3O4/c1-11(2)17(20(26)27-5)21-18(24)15-7-6-14(12(3)8-15)10-16-9-13(4)22-23-19(16)25/h6-9,11,17H,10H2,1-5H3,(H,21,24)(H,23,25)/t17-/m1/s1. The molecular weight excluding hydrogens is 346 g/mol. The SMILES string of the molecule is COC(=O)[C@H](NC(=O)c1ccc(Cc2cc(C)n[nH]c2=O)c(C)c1)C(C)C. The Balaban J connectivity index is 2.20. The molecule has 2 rings (SSSR count). The third-order valence-electron chi connectivity index (χ3n) is 4.40. The molecule has 2 aromatic rings.